The van der Waals surface area contributed by atoms with E-state index in [-0.39, 0.29) is 11.9 Å². The topological polar surface area (TPSA) is 66.1 Å². The number of fused-ring (bicyclic) bond motifs is 1. The van der Waals surface area contributed by atoms with E-state index < -0.39 is 5.69 Å². The normalized spacial score (nSPS) is 15.4. The van der Waals surface area contributed by atoms with Gasteiger partial charge in [-0.1, -0.05) is 78.9 Å². The second-order valence-corrected chi connectivity index (χ2v) is 6.87. The number of para-hydroxylation sites is 1. The monoisotopic (exact) mass is 379 g/mol. The average molecular weight is 379 g/mol. The summed E-state index contributed by atoms with van der Waals surface area (Å²) in [5.41, 5.74) is 3.54. The highest BCUT2D eigenvalue weighted by Crippen LogP contribution is 2.43. The molecule has 1 unspecified atom stereocenters. The molecule has 1 aliphatic rings. The fourth-order valence-electron chi connectivity index (χ4n) is 3.91. The standard InChI is InChI=1S/C24H17N3O2/c28-23-21-19(20(25-24(29)26-21)16-10-4-1-5-11-16)22(17-12-6-2-7-13-17)27(23)18-14-8-3-9-15-18/h1-15,22H,(H,25,26,29). The summed E-state index contributed by atoms with van der Waals surface area (Å²) >= 11 is 0. The molecule has 140 valence electrons. The van der Waals surface area contributed by atoms with Crippen LogP contribution in [0.3, 0.4) is 0 Å². The van der Waals surface area contributed by atoms with Gasteiger partial charge in [-0.25, -0.2) is 4.79 Å². The van der Waals surface area contributed by atoms with Crippen molar-refractivity contribution in [1.82, 2.24) is 9.97 Å². The molecule has 0 radical (unpaired) electrons. The molecule has 1 amide bonds. The molecule has 29 heavy (non-hydrogen) atoms. The predicted octanol–water partition coefficient (Wildman–Crippen LogP) is 4.19. The zero-order valence-electron chi connectivity index (χ0n) is 15.4. The molecule has 1 atom stereocenters. The van der Waals surface area contributed by atoms with Crippen LogP contribution in [-0.4, -0.2) is 15.9 Å². The van der Waals surface area contributed by atoms with Crippen LogP contribution in [0.5, 0.6) is 0 Å². The molecule has 4 aromatic rings. The van der Waals surface area contributed by atoms with Crippen molar-refractivity contribution in [2.24, 2.45) is 0 Å². The van der Waals surface area contributed by atoms with E-state index in [0.717, 1.165) is 22.4 Å². The Balaban J connectivity index is 1.82. The maximum Gasteiger partial charge on any atom is 0.346 e. The minimum absolute atomic E-state index is 0.239. The van der Waals surface area contributed by atoms with Crippen molar-refractivity contribution in [3.05, 3.63) is 118 Å². The maximum atomic E-state index is 13.4. The molecular weight excluding hydrogens is 362 g/mol. The summed E-state index contributed by atoms with van der Waals surface area (Å²) in [6, 6.07) is 28.4. The first kappa shape index (κ1) is 17.1. The number of benzene rings is 3. The lowest BCUT2D eigenvalue weighted by atomic mass is 9.95. The van der Waals surface area contributed by atoms with Crippen LogP contribution in [0, 0.1) is 0 Å². The van der Waals surface area contributed by atoms with Crippen LogP contribution in [0.25, 0.3) is 11.3 Å². The van der Waals surface area contributed by atoms with Crippen molar-refractivity contribution in [1.29, 1.82) is 0 Å². The van der Waals surface area contributed by atoms with Crippen LogP contribution in [0.15, 0.2) is 95.8 Å². The van der Waals surface area contributed by atoms with E-state index in [0.29, 0.717) is 11.4 Å². The van der Waals surface area contributed by atoms with Crippen molar-refractivity contribution in [3.63, 3.8) is 0 Å². The van der Waals surface area contributed by atoms with E-state index in [1.165, 1.54) is 0 Å². The molecule has 1 N–H and O–H groups in total. The van der Waals surface area contributed by atoms with Gasteiger partial charge in [0.05, 0.1) is 11.7 Å². The molecule has 0 aliphatic carbocycles. The van der Waals surface area contributed by atoms with Gasteiger partial charge < -0.3 is 4.98 Å². The summed E-state index contributed by atoms with van der Waals surface area (Å²) in [5, 5.41) is 0. The molecule has 0 bridgehead atoms. The summed E-state index contributed by atoms with van der Waals surface area (Å²) in [5.74, 6) is -0.239. The van der Waals surface area contributed by atoms with E-state index >= 15 is 0 Å². The number of carbonyl (C=O) groups excluding carboxylic acids is 1. The third kappa shape index (κ3) is 2.84. The van der Waals surface area contributed by atoms with E-state index in [1.807, 2.05) is 91.0 Å². The highest BCUT2D eigenvalue weighted by Gasteiger charge is 2.42. The second-order valence-electron chi connectivity index (χ2n) is 6.87. The lowest BCUT2D eigenvalue weighted by Gasteiger charge is -2.26. The SMILES string of the molecule is O=C1c2[nH]c(=O)nc(-c3ccccc3)c2C(c2ccccc2)N1c1ccccc1. The third-order valence-corrected chi connectivity index (χ3v) is 5.13. The molecule has 3 aromatic carbocycles. The minimum atomic E-state index is -0.530. The Morgan fingerprint density at radius 1 is 0.759 bits per heavy atom. The molecule has 5 rings (SSSR count). The van der Waals surface area contributed by atoms with Crippen LogP contribution in [0.4, 0.5) is 5.69 Å². The largest absolute Gasteiger partial charge is 0.346 e. The number of nitrogens with one attached hydrogen (secondary N) is 1. The molecule has 0 fully saturated rings. The first-order valence-corrected chi connectivity index (χ1v) is 9.37. The van der Waals surface area contributed by atoms with Crippen LogP contribution in [-0.2, 0) is 0 Å². The predicted molar refractivity (Wildman–Crippen MR) is 112 cm³/mol. The average Bonchev–Trinajstić information content (AvgIpc) is 3.07. The number of aromatic amines is 1. The number of amides is 1. The maximum absolute atomic E-state index is 13.4. The Hall–Kier alpha value is -3.99. The Morgan fingerprint density at radius 3 is 2.00 bits per heavy atom. The summed E-state index contributed by atoms with van der Waals surface area (Å²) in [6.45, 7) is 0. The minimum Gasteiger partial charge on any atom is -0.301 e. The Labute approximate surface area is 167 Å². The van der Waals surface area contributed by atoms with Gasteiger partial charge in [0, 0.05) is 16.8 Å². The molecular formula is C24H17N3O2. The van der Waals surface area contributed by atoms with Crippen molar-refractivity contribution >= 4 is 11.6 Å². The summed E-state index contributed by atoms with van der Waals surface area (Å²) in [7, 11) is 0. The summed E-state index contributed by atoms with van der Waals surface area (Å²) in [4.78, 5) is 34.4. The van der Waals surface area contributed by atoms with Gasteiger partial charge in [0.1, 0.15) is 5.69 Å². The number of carbonyl (C=O) groups is 1. The fraction of sp³-hybridized carbons (Fsp3) is 0.0417. The number of hydrogen-bond donors (Lipinski definition) is 1. The Bertz CT molecular complexity index is 1240. The van der Waals surface area contributed by atoms with Gasteiger partial charge in [0.25, 0.3) is 5.91 Å². The number of aromatic nitrogens is 2. The van der Waals surface area contributed by atoms with Crippen molar-refractivity contribution in [3.8, 4) is 11.3 Å². The highest BCUT2D eigenvalue weighted by atomic mass is 16.2. The highest BCUT2D eigenvalue weighted by molar-refractivity contribution is 6.11. The Kier molecular flexibility index (Phi) is 4.06. The number of hydrogen-bond acceptors (Lipinski definition) is 3. The fourth-order valence-corrected chi connectivity index (χ4v) is 3.91. The number of nitrogens with zero attached hydrogens (tertiary/aromatic N) is 2. The molecule has 0 spiro atoms. The summed E-state index contributed by atoms with van der Waals surface area (Å²) in [6.07, 6.45) is 0. The molecule has 0 saturated heterocycles. The molecule has 1 aromatic heterocycles. The lowest BCUT2D eigenvalue weighted by Crippen LogP contribution is -2.28. The first-order valence-electron chi connectivity index (χ1n) is 9.37. The van der Waals surface area contributed by atoms with Crippen LogP contribution < -0.4 is 10.6 Å². The second kappa shape index (κ2) is 6.87. The van der Waals surface area contributed by atoms with E-state index in [4.69, 9.17) is 0 Å². The van der Waals surface area contributed by atoms with Gasteiger partial charge in [-0.3, -0.25) is 9.69 Å². The van der Waals surface area contributed by atoms with Crippen molar-refractivity contribution in [2.75, 3.05) is 4.90 Å². The lowest BCUT2D eigenvalue weighted by molar-refractivity contribution is 0.0989. The van der Waals surface area contributed by atoms with Crippen molar-refractivity contribution in [2.45, 2.75) is 6.04 Å². The van der Waals surface area contributed by atoms with Gasteiger partial charge in [-0.2, -0.15) is 4.98 Å². The molecule has 5 nitrogen and oxygen atoms in total. The zero-order chi connectivity index (χ0) is 19.8. The summed E-state index contributed by atoms with van der Waals surface area (Å²) < 4.78 is 0. The van der Waals surface area contributed by atoms with E-state index in [2.05, 4.69) is 9.97 Å². The van der Waals surface area contributed by atoms with Crippen LogP contribution >= 0.6 is 0 Å². The van der Waals surface area contributed by atoms with Gasteiger partial charge in [-0.15, -0.1) is 0 Å². The van der Waals surface area contributed by atoms with E-state index in [9.17, 15) is 9.59 Å². The van der Waals surface area contributed by atoms with Crippen LogP contribution in [0.2, 0.25) is 0 Å². The van der Waals surface area contributed by atoms with E-state index in [1.54, 1.807) is 4.90 Å². The van der Waals surface area contributed by atoms with Gasteiger partial charge in [0.15, 0.2) is 0 Å². The Morgan fingerprint density at radius 2 is 1.34 bits per heavy atom. The number of rotatable bonds is 3. The first-order chi connectivity index (χ1) is 14.2. The zero-order valence-corrected chi connectivity index (χ0v) is 15.4. The quantitative estimate of drug-likeness (QED) is 0.581. The number of anilines is 1. The molecule has 5 heteroatoms. The third-order valence-electron chi connectivity index (χ3n) is 5.13. The van der Waals surface area contributed by atoms with Gasteiger partial charge in [-0.05, 0) is 17.7 Å². The van der Waals surface area contributed by atoms with Crippen LogP contribution in [0.1, 0.15) is 27.7 Å². The van der Waals surface area contributed by atoms with Crippen molar-refractivity contribution < 1.29 is 4.79 Å². The van der Waals surface area contributed by atoms with Gasteiger partial charge >= 0.3 is 5.69 Å². The number of H-pyrrole nitrogens is 1. The molecule has 0 saturated carbocycles. The molecule has 2 heterocycles. The smallest absolute Gasteiger partial charge is 0.301 e. The molecule has 1 aliphatic heterocycles. The van der Waals surface area contributed by atoms with Gasteiger partial charge in [0.2, 0.25) is 0 Å².